The highest BCUT2D eigenvalue weighted by molar-refractivity contribution is 5.45. The van der Waals surface area contributed by atoms with Crippen LogP contribution in [0.15, 0.2) is 24.3 Å². The van der Waals surface area contributed by atoms with E-state index in [4.69, 9.17) is 14.2 Å². The number of methoxy groups -OCH3 is 2. The minimum absolute atomic E-state index is 0.0142. The zero-order chi connectivity index (χ0) is 14.8. The molecule has 2 unspecified atom stereocenters. The summed E-state index contributed by atoms with van der Waals surface area (Å²) in [4.78, 5) is 0. The van der Waals surface area contributed by atoms with Gasteiger partial charge in [-0.05, 0) is 24.6 Å². The van der Waals surface area contributed by atoms with Crippen LogP contribution in [0.25, 0.3) is 0 Å². The summed E-state index contributed by atoms with van der Waals surface area (Å²) in [6, 6.07) is 7.92. The van der Waals surface area contributed by atoms with Crippen molar-refractivity contribution < 1.29 is 19.3 Å². The lowest BCUT2D eigenvalue weighted by molar-refractivity contribution is -0.0282. The standard InChI is InChI=1S/C15H25NO4/c1-12(9-18-2)20-11-15(17)8-16-14-6-4-5-13(7-14)10-19-3/h4-7,12,15-17H,8-11H2,1-3H3. The second kappa shape index (κ2) is 9.72. The summed E-state index contributed by atoms with van der Waals surface area (Å²) < 4.78 is 15.5. The maximum Gasteiger partial charge on any atom is 0.0945 e. The van der Waals surface area contributed by atoms with Crippen molar-refractivity contribution in [1.82, 2.24) is 0 Å². The van der Waals surface area contributed by atoms with Gasteiger partial charge in [0.2, 0.25) is 0 Å². The average Bonchev–Trinajstić information content (AvgIpc) is 2.44. The highest BCUT2D eigenvalue weighted by Crippen LogP contribution is 2.11. The number of hydrogen-bond donors (Lipinski definition) is 2. The second-order valence-electron chi connectivity index (χ2n) is 4.77. The van der Waals surface area contributed by atoms with Crippen LogP contribution in [0, 0.1) is 0 Å². The van der Waals surface area contributed by atoms with Gasteiger partial charge in [-0.2, -0.15) is 0 Å². The molecule has 0 aliphatic rings. The first-order chi connectivity index (χ1) is 9.65. The lowest BCUT2D eigenvalue weighted by atomic mass is 10.2. The summed E-state index contributed by atoms with van der Waals surface area (Å²) in [5.41, 5.74) is 2.06. The fraction of sp³-hybridized carbons (Fsp3) is 0.600. The fourth-order valence-corrected chi connectivity index (χ4v) is 1.79. The molecule has 0 amide bonds. The van der Waals surface area contributed by atoms with E-state index in [0.717, 1.165) is 11.3 Å². The molecule has 1 aromatic rings. The van der Waals surface area contributed by atoms with Gasteiger partial charge in [-0.1, -0.05) is 12.1 Å². The number of nitrogens with one attached hydrogen (secondary N) is 1. The Bertz CT molecular complexity index is 373. The molecule has 114 valence electrons. The number of ether oxygens (including phenoxy) is 3. The Balaban J connectivity index is 2.29. The van der Waals surface area contributed by atoms with Crippen LogP contribution < -0.4 is 5.32 Å². The third-order valence-electron chi connectivity index (χ3n) is 2.75. The molecular weight excluding hydrogens is 258 g/mol. The first kappa shape index (κ1) is 16.9. The molecule has 0 aromatic heterocycles. The molecule has 1 aromatic carbocycles. The minimum Gasteiger partial charge on any atom is -0.389 e. The van der Waals surface area contributed by atoms with Crippen LogP contribution in [0.2, 0.25) is 0 Å². The predicted octanol–water partition coefficient (Wildman–Crippen LogP) is 1.66. The Morgan fingerprint density at radius 3 is 2.70 bits per heavy atom. The Morgan fingerprint density at radius 2 is 2.00 bits per heavy atom. The highest BCUT2D eigenvalue weighted by Gasteiger charge is 2.08. The number of aliphatic hydroxyl groups is 1. The molecule has 0 fully saturated rings. The first-order valence-electron chi connectivity index (χ1n) is 6.76. The van der Waals surface area contributed by atoms with E-state index in [0.29, 0.717) is 19.8 Å². The first-order valence-corrected chi connectivity index (χ1v) is 6.76. The number of anilines is 1. The summed E-state index contributed by atoms with van der Waals surface area (Å²) in [6.07, 6.45) is -0.569. The third kappa shape index (κ3) is 6.86. The Kier molecular flexibility index (Phi) is 8.22. The van der Waals surface area contributed by atoms with E-state index in [-0.39, 0.29) is 12.7 Å². The van der Waals surface area contributed by atoms with Crippen molar-refractivity contribution in [3.63, 3.8) is 0 Å². The Hall–Kier alpha value is -1.14. The van der Waals surface area contributed by atoms with Crippen molar-refractivity contribution in [1.29, 1.82) is 0 Å². The van der Waals surface area contributed by atoms with Crippen molar-refractivity contribution in [3.8, 4) is 0 Å². The van der Waals surface area contributed by atoms with E-state index in [9.17, 15) is 5.11 Å². The molecule has 0 spiro atoms. The topological polar surface area (TPSA) is 60.0 Å². The number of aliphatic hydroxyl groups excluding tert-OH is 1. The maximum atomic E-state index is 9.85. The largest absolute Gasteiger partial charge is 0.389 e. The van der Waals surface area contributed by atoms with Crippen molar-refractivity contribution >= 4 is 5.69 Å². The summed E-state index contributed by atoms with van der Waals surface area (Å²) in [5, 5.41) is 13.0. The van der Waals surface area contributed by atoms with Crippen LogP contribution in [0.1, 0.15) is 12.5 Å². The number of rotatable bonds is 10. The molecule has 5 heteroatoms. The van der Waals surface area contributed by atoms with Gasteiger partial charge >= 0.3 is 0 Å². The molecular formula is C15H25NO4. The number of benzene rings is 1. The van der Waals surface area contributed by atoms with Gasteiger partial charge in [-0.15, -0.1) is 0 Å². The SMILES string of the molecule is COCc1cccc(NCC(O)COC(C)COC)c1. The second-order valence-corrected chi connectivity index (χ2v) is 4.77. The van der Waals surface area contributed by atoms with Gasteiger partial charge in [0.25, 0.3) is 0 Å². The fourth-order valence-electron chi connectivity index (χ4n) is 1.79. The molecule has 20 heavy (non-hydrogen) atoms. The van der Waals surface area contributed by atoms with Crippen LogP contribution in [0.4, 0.5) is 5.69 Å². The van der Waals surface area contributed by atoms with Crippen molar-refractivity contribution in [2.24, 2.45) is 0 Å². The summed E-state index contributed by atoms with van der Waals surface area (Å²) in [5.74, 6) is 0. The summed E-state index contributed by atoms with van der Waals surface area (Å²) in [7, 11) is 3.30. The quantitative estimate of drug-likeness (QED) is 0.684. The van der Waals surface area contributed by atoms with Gasteiger partial charge in [0, 0.05) is 26.5 Å². The molecule has 0 radical (unpaired) electrons. The smallest absolute Gasteiger partial charge is 0.0945 e. The molecule has 0 bridgehead atoms. The molecule has 0 saturated heterocycles. The molecule has 0 aliphatic heterocycles. The van der Waals surface area contributed by atoms with E-state index < -0.39 is 6.10 Å². The van der Waals surface area contributed by atoms with Crippen LogP contribution in [-0.2, 0) is 20.8 Å². The van der Waals surface area contributed by atoms with Gasteiger partial charge < -0.3 is 24.6 Å². The molecule has 1 rings (SSSR count). The average molecular weight is 283 g/mol. The van der Waals surface area contributed by atoms with Gasteiger partial charge in [0.1, 0.15) is 0 Å². The number of hydrogen-bond acceptors (Lipinski definition) is 5. The molecule has 2 N–H and O–H groups in total. The predicted molar refractivity (Wildman–Crippen MR) is 78.9 cm³/mol. The van der Waals surface area contributed by atoms with Gasteiger partial charge in [0.15, 0.2) is 0 Å². The summed E-state index contributed by atoms with van der Waals surface area (Å²) in [6.45, 7) is 3.75. The van der Waals surface area contributed by atoms with Gasteiger partial charge in [-0.25, -0.2) is 0 Å². The zero-order valence-electron chi connectivity index (χ0n) is 12.5. The maximum absolute atomic E-state index is 9.85. The Morgan fingerprint density at radius 1 is 1.20 bits per heavy atom. The van der Waals surface area contributed by atoms with Crippen molar-refractivity contribution in [2.45, 2.75) is 25.7 Å². The lowest BCUT2D eigenvalue weighted by Crippen LogP contribution is -2.28. The zero-order valence-corrected chi connectivity index (χ0v) is 12.5. The lowest BCUT2D eigenvalue weighted by Gasteiger charge is -2.17. The van der Waals surface area contributed by atoms with E-state index in [1.807, 2.05) is 31.2 Å². The minimum atomic E-state index is -0.555. The normalized spacial score (nSPS) is 14.0. The van der Waals surface area contributed by atoms with E-state index in [2.05, 4.69) is 5.32 Å². The van der Waals surface area contributed by atoms with E-state index in [1.165, 1.54) is 0 Å². The molecule has 5 nitrogen and oxygen atoms in total. The third-order valence-corrected chi connectivity index (χ3v) is 2.75. The van der Waals surface area contributed by atoms with E-state index >= 15 is 0 Å². The van der Waals surface area contributed by atoms with Crippen molar-refractivity contribution in [2.75, 3.05) is 39.3 Å². The van der Waals surface area contributed by atoms with Crippen LogP contribution in [-0.4, -0.2) is 51.3 Å². The highest BCUT2D eigenvalue weighted by atomic mass is 16.5. The van der Waals surface area contributed by atoms with Crippen LogP contribution in [0.5, 0.6) is 0 Å². The monoisotopic (exact) mass is 283 g/mol. The molecule has 0 heterocycles. The van der Waals surface area contributed by atoms with Crippen molar-refractivity contribution in [3.05, 3.63) is 29.8 Å². The van der Waals surface area contributed by atoms with Crippen LogP contribution >= 0.6 is 0 Å². The summed E-state index contributed by atoms with van der Waals surface area (Å²) >= 11 is 0. The van der Waals surface area contributed by atoms with Gasteiger partial charge in [0.05, 0.1) is 32.0 Å². The van der Waals surface area contributed by atoms with Gasteiger partial charge in [-0.3, -0.25) is 0 Å². The van der Waals surface area contributed by atoms with E-state index in [1.54, 1.807) is 14.2 Å². The Labute approximate surface area is 120 Å². The molecule has 2 atom stereocenters. The molecule has 0 aliphatic carbocycles. The van der Waals surface area contributed by atoms with Crippen LogP contribution in [0.3, 0.4) is 0 Å². The molecule has 0 saturated carbocycles.